The highest BCUT2D eigenvalue weighted by Crippen LogP contribution is 2.22. The van der Waals surface area contributed by atoms with Crippen molar-refractivity contribution in [3.8, 4) is 0 Å². The Hall–Kier alpha value is -0.130. The van der Waals surface area contributed by atoms with Crippen molar-refractivity contribution in [2.45, 2.75) is 46.1 Å². The predicted molar refractivity (Wildman–Crippen MR) is 71.5 cm³/mol. The smallest absolute Gasteiger partial charge is 0.213 e. The second-order valence-electron chi connectivity index (χ2n) is 4.78. The summed E-state index contributed by atoms with van der Waals surface area (Å²) in [6, 6.07) is 0.489. The van der Waals surface area contributed by atoms with Crippen molar-refractivity contribution >= 4 is 10.0 Å². The van der Waals surface area contributed by atoms with Gasteiger partial charge in [0.1, 0.15) is 0 Å². The lowest BCUT2D eigenvalue weighted by Crippen LogP contribution is -2.51. The van der Waals surface area contributed by atoms with Gasteiger partial charge < -0.3 is 5.32 Å². The minimum atomic E-state index is -3.00. The van der Waals surface area contributed by atoms with Gasteiger partial charge in [-0.3, -0.25) is 0 Å². The monoisotopic (exact) mass is 262 g/mol. The van der Waals surface area contributed by atoms with Gasteiger partial charge in [-0.05, 0) is 32.2 Å². The van der Waals surface area contributed by atoms with Crippen LogP contribution in [0.2, 0.25) is 0 Å². The van der Waals surface area contributed by atoms with Gasteiger partial charge in [0.25, 0.3) is 0 Å². The molecule has 1 heterocycles. The number of hydrogen-bond acceptors (Lipinski definition) is 3. The maximum Gasteiger partial charge on any atom is 0.213 e. The van der Waals surface area contributed by atoms with E-state index in [1.165, 1.54) is 0 Å². The molecule has 1 rings (SSSR count). The quantitative estimate of drug-likeness (QED) is 0.788. The highest BCUT2D eigenvalue weighted by atomic mass is 32.2. The van der Waals surface area contributed by atoms with E-state index in [1.807, 2.05) is 0 Å². The number of rotatable bonds is 6. The van der Waals surface area contributed by atoms with Gasteiger partial charge in [0.15, 0.2) is 0 Å². The van der Waals surface area contributed by atoms with Crippen LogP contribution in [-0.2, 0) is 10.0 Å². The highest BCUT2D eigenvalue weighted by molar-refractivity contribution is 7.89. The van der Waals surface area contributed by atoms with Crippen LogP contribution in [-0.4, -0.2) is 44.2 Å². The molecule has 0 bridgehead atoms. The van der Waals surface area contributed by atoms with Crippen molar-refractivity contribution in [1.29, 1.82) is 0 Å². The Kier molecular flexibility index (Phi) is 5.89. The van der Waals surface area contributed by atoms with E-state index in [9.17, 15) is 8.42 Å². The molecule has 1 N–H and O–H groups in total. The van der Waals surface area contributed by atoms with Crippen LogP contribution in [0, 0.1) is 5.92 Å². The number of nitrogens with zero attached hydrogens (tertiary/aromatic N) is 1. The second-order valence-corrected chi connectivity index (χ2v) is 7.03. The molecule has 5 heteroatoms. The summed E-state index contributed by atoms with van der Waals surface area (Å²) in [5, 5.41) is 3.54. The van der Waals surface area contributed by atoms with Crippen LogP contribution < -0.4 is 5.32 Å². The number of nitrogens with one attached hydrogen (secondary N) is 1. The van der Waals surface area contributed by atoms with Gasteiger partial charge >= 0.3 is 0 Å². The molecule has 0 spiro atoms. The molecule has 1 aliphatic rings. The Morgan fingerprint density at radius 1 is 1.29 bits per heavy atom. The third-order valence-electron chi connectivity index (χ3n) is 3.64. The minimum absolute atomic E-state index is 0.219. The summed E-state index contributed by atoms with van der Waals surface area (Å²) in [5.41, 5.74) is 0. The topological polar surface area (TPSA) is 49.4 Å². The molecule has 1 aliphatic heterocycles. The third-order valence-corrected chi connectivity index (χ3v) is 5.48. The fourth-order valence-electron chi connectivity index (χ4n) is 2.45. The van der Waals surface area contributed by atoms with Crippen LogP contribution in [0.4, 0.5) is 0 Å². The highest BCUT2D eigenvalue weighted by Gasteiger charge is 2.32. The molecule has 0 aromatic carbocycles. The van der Waals surface area contributed by atoms with Gasteiger partial charge in [0.05, 0.1) is 5.75 Å². The number of sulfonamides is 1. The van der Waals surface area contributed by atoms with Gasteiger partial charge in [-0.15, -0.1) is 0 Å². The third kappa shape index (κ3) is 3.93. The molecule has 0 aliphatic carbocycles. The Morgan fingerprint density at radius 2 is 2.00 bits per heavy atom. The molecule has 0 aromatic heterocycles. The normalized spacial score (nSPS) is 27.2. The van der Waals surface area contributed by atoms with Crippen molar-refractivity contribution in [2.24, 2.45) is 5.92 Å². The Labute approximate surface area is 106 Å². The average Bonchev–Trinajstić information content (AvgIpc) is 2.35. The van der Waals surface area contributed by atoms with E-state index in [1.54, 1.807) is 11.2 Å². The lowest BCUT2D eigenvalue weighted by molar-refractivity contribution is 0.202. The first kappa shape index (κ1) is 14.9. The Morgan fingerprint density at radius 3 is 2.53 bits per heavy atom. The average molecular weight is 262 g/mol. The molecule has 0 radical (unpaired) electrons. The van der Waals surface area contributed by atoms with E-state index in [-0.39, 0.29) is 5.75 Å². The van der Waals surface area contributed by atoms with Crippen molar-refractivity contribution in [2.75, 3.05) is 25.4 Å². The van der Waals surface area contributed by atoms with E-state index in [0.29, 0.717) is 25.0 Å². The largest absolute Gasteiger partial charge is 0.314 e. The van der Waals surface area contributed by atoms with Crippen LogP contribution >= 0.6 is 0 Å². The van der Waals surface area contributed by atoms with Crippen molar-refractivity contribution in [3.63, 3.8) is 0 Å². The lowest BCUT2D eigenvalue weighted by Gasteiger charge is -2.38. The summed E-state index contributed by atoms with van der Waals surface area (Å²) in [6.07, 6.45) is 3.11. The molecule has 2 unspecified atom stereocenters. The van der Waals surface area contributed by atoms with E-state index < -0.39 is 10.0 Å². The summed E-state index contributed by atoms with van der Waals surface area (Å²) in [7, 11) is -3.00. The first-order valence-electron chi connectivity index (χ1n) is 6.76. The van der Waals surface area contributed by atoms with Crippen molar-refractivity contribution in [3.05, 3.63) is 0 Å². The van der Waals surface area contributed by atoms with Crippen LogP contribution in [0.15, 0.2) is 0 Å². The zero-order valence-corrected chi connectivity index (χ0v) is 12.1. The van der Waals surface area contributed by atoms with E-state index in [0.717, 1.165) is 25.8 Å². The lowest BCUT2D eigenvalue weighted by atomic mass is 9.91. The van der Waals surface area contributed by atoms with E-state index in [2.05, 4.69) is 19.2 Å². The fraction of sp³-hybridized carbons (Fsp3) is 1.00. The molecule has 0 saturated carbocycles. The molecule has 2 atom stereocenters. The first-order valence-corrected chi connectivity index (χ1v) is 8.37. The van der Waals surface area contributed by atoms with Gasteiger partial charge in [-0.1, -0.05) is 20.3 Å². The number of piperidine rings is 1. The summed E-state index contributed by atoms with van der Waals surface area (Å²) >= 11 is 0. The zero-order valence-electron chi connectivity index (χ0n) is 11.3. The summed E-state index contributed by atoms with van der Waals surface area (Å²) in [6.45, 7) is 8.42. The Balaban J connectivity index is 2.60. The summed E-state index contributed by atoms with van der Waals surface area (Å²) in [4.78, 5) is 0. The maximum absolute atomic E-state index is 11.8. The van der Waals surface area contributed by atoms with E-state index >= 15 is 0 Å². The van der Waals surface area contributed by atoms with Crippen LogP contribution in [0.5, 0.6) is 0 Å². The molecule has 1 saturated heterocycles. The molecule has 4 nitrogen and oxygen atoms in total. The van der Waals surface area contributed by atoms with E-state index in [4.69, 9.17) is 0 Å². The van der Waals surface area contributed by atoms with Gasteiger partial charge in [-0.2, -0.15) is 0 Å². The van der Waals surface area contributed by atoms with Crippen LogP contribution in [0.1, 0.15) is 40.0 Å². The first-order chi connectivity index (χ1) is 8.05. The molecule has 0 amide bonds. The van der Waals surface area contributed by atoms with Gasteiger partial charge in [0.2, 0.25) is 10.0 Å². The summed E-state index contributed by atoms with van der Waals surface area (Å²) in [5.74, 6) is 0.674. The summed E-state index contributed by atoms with van der Waals surface area (Å²) < 4.78 is 25.4. The maximum atomic E-state index is 11.8. The van der Waals surface area contributed by atoms with Crippen LogP contribution in [0.3, 0.4) is 0 Å². The molecule has 102 valence electrons. The fourth-order valence-corrected chi connectivity index (χ4v) is 3.61. The number of hydrogen-bond donors (Lipinski definition) is 1. The SMILES string of the molecule is CCCNC1CCN(S(=O)(=O)CC)CC1CC. The molecule has 1 fully saturated rings. The molecular weight excluding hydrogens is 236 g/mol. The predicted octanol–water partition coefficient (Wildman–Crippen LogP) is 1.44. The van der Waals surface area contributed by atoms with Gasteiger partial charge in [-0.25, -0.2) is 12.7 Å². The Bertz CT molecular complexity index is 316. The standard InChI is InChI=1S/C12H26N2O2S/c1-4-8-13-12-7-9-14(10-11(12)5-2)17(15,16)6-3/h11-13H,4-10H2,1-3H3. The molecular formula is C12H26N2O2S. The zero-order chi connectivity index (χ0) is 12.9. The molecule has 0 aromatic rings. The van der Waals surface area contributed by atoms with Gasteiger partial charge in [0, 0.05) is 19.1 Å². The molecule has 17 heavy (non-hydrogen) atoms. The second kappa shape index (κ2) is 6.71. The van der Waals surface area contributed by atoms with Crippen LogP contribution in [0.25, 0.3) is 0 Å². The van der Waals surface area contributed by atoms with Crippen molar-refractivity contribution < 1.29 is 8.42 Å². The minimum Gasteiger partial charge on any atom is -0.314 e. The van der Waals surface area contributed by atoms with Crippen molar-refractivity contribution in [1.82, 2.24) is 9.62 Å².